The highest BCUT2D eigenvalue weighted by Gasteiger charge is 2.54. The molecule has 3 amide bonds. The highest BCUT2D eigenvalue weighted by Crippen LogP contribution is 2.45. The summed E-state index contributed by atoms with van der Waals surface area (Å²) in [4.78, 5) is 40.7. The number of carbonyl (C=O) groups excluding carboxylic acids is 3. The van der Waals surface area contributed by atoms with Gasteiger partial charge in [-0.25, -0.2) is 4.79 Å². The number of ether oxygens (including phenoxy) is 2. The molecule has 10 nitrogen and oxygen atoms in total. The Morgan fingerprint density at radius 2 is 1.57 bits per heavy atom. The van der Waals surface area contributed by atoms with Gasteiger partial charge in [0.25, 0.3) is 5.91 Å². The van der Waals surface area contributed by atoms with Crippen molar-refractivity contribution in [2.75, 3.05) is 5.75 Å². The number of aromatic nitrogens is 2. The normalized spacial score (nSPS) is 17.2. The Bertz CT molecular complexity index is 1820. The summed E-state index contributed by atoms with van der Waals surface area (Å²) >= 11 is 8.81. The zero-order valence-electron chi connectivity index (χ0n) is 27.1. The maximum absolute atomic E-state index is 13.9. The third-order valence-electron chi connectivity index (χ3n) is 7.62. The molecule has 252 valence electrons. The topological polar surface area (TPSA) is 123 Å². The van der Waals surface area contributed by atoms with Gasteiger partial charge in [0.2, 0.25) is 11.0 Å². The van der Waals surface area contributed by atoms with Crippen molar-refractivity contribution in [3.8, 4) is 0 Å². The standard InChI is InChI=1S/C36H35N5O5S3/c1-36(2,3)46-35(44)37-20-27-39-40-31(49-27)25-21-48-33-28(38-26(42)19-22-13-7-4-8-14-22)32(43)41(33)29(25)34(47)45-30(23-15-9-5-10-16-23)24-17-11-6-12-18-24/h4-18,28,30,33H,19-21H2,1-3H3,(H,37,44)(H,38,42)/t28-,33-/m1/s1. The molecule has 2 N–H and O–H groups in total. The molecule has 0 aliphatic carbocycles. The van der Waals surface area contributed by atoms with Crippen molar-refractivity contribution in [2.45, 2.75) is 56.9 Å². The van der Waals surface area contributed by atoms with E-state index in [0.29, 0.717) is 27.0 Å². The molecule has 6 rings (SSSR count). The van der Waals surface area contributed by atoms with Gasteiger partial charge in [-0.05, 0) is 49.7 Å². The molecule has 0 saturated carbocycles. The van der Waals surface area contributed by atoms with E-state index in [1.807, 2.05) is 91.0 Å². The Kier molecular flexibility index (Phi) is 10.4. The Balaban J connectivity index is 1.28. The number of thiocarbonyl (C=S) groups is 1. The van der Waals surface area contributed by atoms with Gasteiger partial charge in [-0.1, -0.05) is 102 Å². The summed E-state index contributed by atoms with van der Waals surface area (Å²) in [6, 6.07) is 28.2. The monoisotopic (exact) mass is 713 g/mol. The summed E-state index contributed by atoms with van der Waals surface area (Å²) in [6.07, 6.45) is -0.940. The first-order valence-corrected chi connectivity index (χ1v) is 18.0. The van der Waals surface area contributed by atoms with Gasteiger partial charge in [0.1, 0.15) is 38.8 Å². The first-order chi connectivity index (χ1) is 23.6. The molecule has 2 aliphatic heterocycles. The number of β-lactam (4-membered cyclic amide) rings is 1. The van der Waals surface area contributed by atoms with Crippen LogP contribution in [-0.2, 0) is 32.0 Å². The second-order valence-electron chi connectivity index (χ2n) is 12.4. The minimum atomic E-state index is -0.720. The predicted molar refractivity (Wildman–Crippen MR) is 193 cm³/mol. The van der Waals surface area contributed by atoms with Crippen molar-refractivity contribution in [3.63, 3.8) is 0 Å². The number of carbonyl (C=O) groups is 3. The Labute approximate surface area is 298 Å². The smallest absolute Gasteiger partial charge is 0.408 e. The van der Waals surface area contributed by atoms with Crippen LogP contribution in [0.25, 0.3) is 5.57 Å². The van der Waals surface area contributed by atoms with Crippen molar-refractivity contribution in [1.82, 2.24) is 25.7 Å². The average Bonchev–Trinajstić information content (AvgIpc) is 3.57. The fraction of sp³-hybridized carbons (Fsp3) is 0.278. The van der Waals surface area contributed by atoms with Crippen LogP contribution in [0.1, 0.15) is 53.6 Å². The molecule has 1 saturated heterocycles. The molecule has 3 aromatic carbocycles. The lowest BCUT2D eigenvalue weighted by Gasteiger charge is -2.50. The predicted octanol–water partition coefficient (Wildman–Crippen LogP) is 6.05. The number of benzene rings is 3. The SMILES string of the molecule is CC(C)(C)OC(=O)NCc1nnc(C2=C(C(=S)OC(c3ccccc3)c3ccccc3)N3C(=O)[C@@H](NC(=O)Cc4ccccc4)[C@H]3SC2)s1. The molecule has 3 heterocycles. The molecule has 49 heavy (non-hydrogen) atoms. The zero-order chi connectivity index (χ0) is 34.5. The number of alkyl carbamates (subject to hydrolysis) is 1. The number of hydrogen-bond acceptors (Lipinski definition) is 10. The summed E-state index contributed by atoms with van der Waals surface area (Å²) < 4.78 is 12.0. The second-order valence-corrected chi connectivity index (χ2v) is 14.9. The first kappa shape index (κ1) is 34.3. The number of amides is 3. The van der Waals surface area contributed by atoms with E-state index in [1.165, 1.54) is 23.1 Å². The second kappa shape index (κ2) is 14.9. The van der Waals surface area contributed by atoms with Gasteiger partial charge in [0.05, 0.1) is 13.0 Å². The molecule has 2 aliphatic rings. The summed E-state index contributed by atoms with van der Waals surface area (Å²) in [7, 11) is 0. The van der Waals surface area contributed by atoms with Gasteiger partial charge in [0, 0.05) is 11.3 Å². The lowest BCUT2D eigenvalue weighted by Crippen LogP contribution is -2.70. The molecule has 0 radical (unpaired) electrons. The number of thioether (sulfide) groups is 1. The maximum atomic E-state index is 13.9. The lowest BCUT2D eigenvalue weighted by atomic mass is 10.0. The highest BCUT2D eigenvalue weighted by molar-refractivity contribution is 8.00. The Hall–Kier alpha value is -4.59. The van der Waals surface area contributed by atoms with Crippen LogP contribution in [0.15, 0.2) is 96.7 Å². The van der Waals surface area contributed by atoms with Crippen LogP contribution in [0.2, 0.25) is 0 Å². The number of nitrogens with one attached hydrogen (secondary N) is 2. The van der Waals surface area contributed by atoms with Crippen molar-refractivity contribution in [2.24, 2.45) is 0 Å². The largest absolute Gasteiger partial charge is 0.469 e. The van der Waals surface area contributed by atoms with Gasteiger partial charge < -0.3 is 20.1 Å². The molecule has 0 unspecified atom stereocenters. The summed E-state index contributed by atoms with van der Waals surface area (Å²) in [6.45, 7) is 5.49. The molecular weight excluding hydrogens is 679 g/mol. The molecule has 0 spiro atoms. The highest BCUT2D eigenvalue weighted by atomic mass is 32.2. The van der Waals surface area contributed by atoms with Gasteiger partial charge in [-0.15, -0.1) is 22.0 Å². The maximum Gasteiger partial charge on any atom is 0.408 e. The number of hydrogen-bond donors (Lipinski definition) is 2. The van der Waals surface area contributed by atoms with Gasteiger partial charge >= 0.3 is 6.09 Å². The average molecular weight is 714 g/mol. The molecule has 1 aromatic heterocycles. The fourth-order valence-corrected chi connectivity index (χ4v) is 8.01. The summed E-state index contributed by atoms with van der Waals surface area (Å²) in [5, 5.41) is 15.2. The quantitative estimate of drug-likeness (QED) is 0.149. The van der Waals surface area contributed by atoms with E-state index in [9.17, 15) is 14.4 Å². The van der Waals surface area contributed by atoms with E-state index >= 15 is 0 Å². The van der Waals surface area contributed by atoms with Crippen LogP contribution in [0.5, 0.6) is 0 Å². The van der Waals surface area contributed by atoms with Crippen molar-refractivity contribution >= 4 is 63.8 Å². The molecular formula is C36H35N5O5S3. The molecule has 0 bridgehead atoms. The third-order valence-corrected chi connectivity index (χ3v) is 10.2. The minimum absolute atomic E-state index is 0.119. The van der Waals surface area contributed by atoms with Crippen molar-refractivity contribution < 1.29 is 23.9 Å². The van der Waals surface area contributed by atoms with Crippen molar-refractivity contribution in [1.29, 1.82) is 0 Å². The summed E-state index contributed by atoms with van der Waals surface area (Å²) in [5.41, 5.74) is 3.13. The number of nitrogens with zero attached hydrogens (tertiary/aromatic N) is 3. The van der Waals surface area contributed by atoms with Crippen LogP contribution in [-0.4, -0.2) is 60.8 Å². The van der Waals surface area contributed by atoms with Gasteiger partial charge in [-0.2, -0.15) is 0 Å². The van der Waals surface area contributed by atoms with Crippen molar-refractivity contribution in [3.05, 3.63) is 123 Å². The Morgan fingerprint density at radius 1 is 0.959 bits per heavy atom. The van der Waals surface area contributed by atoms with E-state index in [-0.39, 0.29) is 35.2 Å². The summed E-state index contributed by atoms with van der Waals surface area (Å²) in [5.74, 6) is -0.0860. The number of fused-ring (bicyclic) bond motifs is 1. The van der Waals surface area contributed by atoms with Crippen LogP contribution >= 0.6 is 35.3 Å². The van der Waals surface area contributed by atoms with E-state index in [4.69, 9.17) is 21.7 Å². The Morgan fingerprint density at radius 3 is 2.18 bits per heavy atom. The number of rotatable bonds is 10. The third kappa shape index (κ3) is 8.18. The minimum Gasteiger partial charge on any atom is -0.469 e. The fourth-order valence-electron chi connectivity index (χ4n) is 5.43. The van der Waals surface area contributed by atoms with Crippen LogP contribution in [0.4, 0.5) is 4.79 Å². The molecule has 1 fully saturated rings. The molecule has 13 heteroatoms. The van der Waals surface area contributed by atoms with Crippen LogP contribution in [0.3, 0.4) is 0 Å². The van der Waals surface area contributed by atoms with Crippen LogP contribution in [0, 0.1) is 0 Å². The zero-order valence-corrected chi connectivity index (χ0v) is 29.6. The first-order valence-electron chi connectivity index (χ1n) is 15.7. The lowest BCUT2D eigenvalue weighted by molar-refractivity contribution is -0.145. The van der Waals surface area contributed by atoms with E-state index in [2.05, 4.69) is 20.8 Å². The van der Waals surface area contributed by atoms with Gasteiger partial charge in [-0.3, -0.25) is 14.5 Å². The van der Waals surface area contributed by atoms with Crippen LogP contribution < -0.4 is 10.6 Å². The van der Waals surface area contributed by atoms with E-state index in [1.54, 1.807) is 25.7 Å². The van der Waals surface area contributed by atoms with Gasteiger partial charge in [0.15, 0.2) is 0 Å². The van der Waals surface area contributed by atoms with E-state index < -0.39 is 23.8 Å². The van der Waals surface area contributed by atoms with E-state index in [0.717, 1.165) is 16.7 Å². The molecule has 4 aromatic rings. The molecule has 2 atom stereocenters.